The second-order valence-corrected chi connectivity index (χ2v) is 9.85. The molecular weight excluding hydrogens is 416 g/mol. The first-order valence-electron chi connectivity index (χ1n) is 11.9. The number of amides is 2. The topological polar surface area (TPSA) is 49.4 Å². The SMILES string of the molecule is CC[C@H](C(=O)NC1CCCCC1)N(Cc1ccc(C)cc1)C(=O)CCSc1ccccc1. The van der Waals surface area contributed by atoms with E-state index >= 15 is 0 Å². The molecule has 0 radical (unpaired) electrons. The number of carbonyl (C=O) groups excluding carboxylic acids is 2. The molecule has 0 aromatic heterocycles. The van der Waals surface area contributed by atoms with Gasteiger partial charge in [-0.15, -0.1) is 11.8 Å². The summed E-state index contributed by atoms with van der Waals surface area (Å²) in [6.45, 7) is 4.52. The molecule has 1 aliphatic rings. The summed E-state index contributed by atoms with van der Waals surface area (Å²) in [7, 11) is 0. The molecule has 1 aliphatic carbocycles. The lowest BCUT2D eigenvalue weighted by Gasteiger charge is -2.33. The Morgan fingerprint density at radius 1 is 1.03 bits per heavy atom. The second kappa shape index (κ2) is 12.7. The molecule has 1 atom stereocenters. The summed E-state index contributed by atoms with van der Waals surface area (Å²) in [6.07, 6.45) is 6.71. The fourth-order valence-electron chi connectivity index (χ4n) is 4.27. The Morgan fingerprint density at radius 3 is 2.38 bits per heavy atom. The van der Waals surface area contributed by atoms with Gasteiger partial charge in [0.2, 0.25) is 11.8 Å². The number of hydrogen-bond donors (Lipinski definition) is 1. The fraction of sp³-hybridized carbons (Fsp3) is 0.481. The van der Waals surface area contributed by atoms with Gasteiger partial charge >= 0.3 is 0 Å². The maximum absolute atomic E-state index is 13.3. The van der Waals surface area contributed by atoms with Crippen molar-refractivity contribution in [1.29, 1.82) is 0 Å². The van der Waals surface area contributed by atoms with E-state index in [1.165, 1.54) is 24.8 Å². The molecule has 1 N–H and O–H groups in total. The van der Waals surface area contributed by atoms with E-state index in [4.69, 9.17) is 0 Å². The van der Waals surface area contributed by atoms with Gasteiger partial charge in [-0.25, -0.2) is 0 Å². The highest BCUT2D eigenvalue weighted by atomic mass is 32.2. The van der Waals surface area contributed by atoms with Gasteiger partial charge in [0.25, 0.3) is 0 Å². The molecule has 5 heteroatoms. The Hall–Kier alpha value is -2.27. The molecule has 2 aromatic carbocycles. The minimum Gasteiger partial charge on any atom is -0.352 e. The summed E-state index contributed by atoms with van der Waals surface area (Å²) in [5.41, 5.74) is 2.25. The Labute approximate surface area is 197 Å². The Morgan fingerprint density at radius 2 is 1.72 bits per heavy atom. The number of hydrogen-bond acceptors (Lipinski definition) is 3. The highest BCUT2D eigenvalue weighted by Gasteiger charge is 2.30. The maximum Gasteiger partial charge on any atom is 0.243 e. The van der Waals surface area contributed by atoms with Gasteiger partial charge in [-0.2, -0.15) is 0 Å². The van der Waals surface area contributed by atoms with Crippen molar-refractivity contribution in [2.24, 2.45) is 0 Å². The van der Waals surface area contributed by atoms with Crippen LogP contribution >= 0.6 is 11.8 Å². The largest absolute Gasteiger partial charge is 0.352 e. The Balaban J connectivity index is 1.69. The van der Waals surface area contributed by atoms with Crippen molar-refractivity contribution in [2.75, 3.05) is 5.75 Å². The quantitative estimate of drug-likeness (QED) is 0.468. The van der Waals surface area contributed by atoms with E-state index in [0.717, 1.165) is 23.3 Å². The molecule has 4 nitrogen and oxygen atoms in total. The average molecular weight is 453 g/mol. The zero-order valence-electron chi connectivity index (χ0n) is 19.4. The van der Waals surface area contributed by atoms with Crippen molar-refractivity contribution in [3.63, 3.8) is 0 Å². The molecule has 1 fully saturated rings. The summed E-state index contributed by atoms with van der Waals surface area (Å²) in [5, 5.41) is 3.24. The van der Waals surface area contributed by atoms with Crippen LogP contribution in [0.25, 0.3) is 0 Å². The minimum absolute atomic E-state index is 0.00410. The molecule has 0 unspecified atom stereocenters. The molecule has 0 bridgehead atoms. The highest BCUT2D eigenvalue weighted by molar-refractivity contribution is 7.99. The number of rotatable bonds is 10. The zero-order valence-corrected chi connectivity index (χ0v) is 20.2. The molecule has 0 spiro atoms. The first kappa shape index (κ1) is 24.4. The molecule has 1 saturated carbocycles. The van der Waals surface area contributed by atoms with E-state index in [1.54, 1.807) is 16.7 Å². The smallest absolute Gasteiger partial charge is 0.243 e. The van der Waals surface area contributed by atoms with E-state index in [2.05, 4.69) is 48.6 Å². The van der Waals surface area contributed by atoms with Crippen LogP contribution in [0.5, 0.6) is 0 Å². The molecule has 0 aliphatic heterocycles. The van der Waals surface area contributed by atoms with E-state index in [9.17, 15) is 9.59 Å². The molecule has 0 saturated heterocycles. The van der Waals surface area contributed by atoms with Crippen LogP contribution in [0.3, 0.4) is 0 Å². The van der Waals surface area contributed by atoms with Crippen LogP contribution in [0.1, 0.15) is 63.0 Å². The van der Waals surface area contributed by atoms with Crippen LogP contribution in [0.2, 0.25) is 0 Å². The number of nitrogens with one attached hydrogen (secondary N) is 1. The Bertz CT molecular complexity index is 848. The monoisotopic (exact) mass is 452 g/mol. The number of carbonyl (C=O) groups is 2. The van der Waals surface area contributed by atoms with E-state index in [0.29, 0.717) is 25.1 Å². The fourth-order valence-corrected chi connectivity index (χ4v) is 5.13. The Kier molecular flexibility index (Phi) is 9.66. The van der Waals surface area contributed by atoms with Crippen LogP contribution in [0, 0.1) is 6.92 Å². The third-order valence-corrected chi connectivity index (χ3v) is 7.15. The summed E-state index contributed by atoms with van der Waals surface area (Å²) >= 11 is 1.68. The summed E-state index contributed by atoms with van der Waals surface area (Å²) in [4.78, 5) is 29.5. The van der Waals surface area contributed by atoms with Crippen molar-refractivity contribution in [3.05, 3.63) is 65.7 Å². The van der Waals surface area contributed by atoms with Crippen molar-refractivity contribution in [3.8, 4) is 0 Å². The lowest BCUT2D eigenvalue weighted by atomic mass is 9.95. The maximum atomic E-state index is 13.3. The van der Waals surface area contributed by atoms with E-state index in [-0.39, 0.29) is 17.9 Å². The third-order valence-electron chi connectivity index (χ3n) is 6.14. The number of benzene rings is 2. The predicted molar refractivity (Wildman–Crippen MR) is 133 cm³/mol. The molecule has 32 heavy (non-hydrogen) atoms. The second-order valence-electron chi connectivity index (χ2n) is 8.69. The van der Waals surface area contributed by atoms with E-state index < -0.39 is 6.04 Å². The number of nitrogens with zero attached hydrogens (tertiary/aromatic N) is 1. The van der Waals surface area contributed by atoms with Crippen LogP contribution in [0.15, 0.2) is 59.5 Å². The van der Waals surface area contributed by atoms with Gasteiger partial charge in [0.15, 0.2) is 0 Å². The van der Waals surface area contributed by atoms with Gasteiger partial charge in [-0.3, -0.25) is 9.59 Å². The molecule has 2 aromatic rings. The lowest BCUT2D eigenvalue weighted by molar-refractivity contribution is -0.141. The van der Waals surface area contributed by atoms with Gasteiger partial charge in [-0.05, 0) is 43.9 Å². The van der Waals surface area contributed by atoms with Gasteiger partial charge in [-0.1, -0.05) is 74.2 Å². The summed E-state index contributed by atoms with van der Waals surface area (Å²) in [6, 6.07) is 18.2. The van der Waals surface area contributed by atoms with Crippen LogP contribution in [-0.4, -0.2) is 34.6 Å². The summed E-state index contributed by atoms with van der Waals surface area (Å²) in [5.74, 6) is 0.740. The summed E-state index contributed by atoms with van der Waals surface area (Å²) < 4.78 is 0. The minimum atomic E-state index is -0.438. The van der Waals surface area contributed by atoms with Gasteiger partial charge < -0.3 is 10.2 Å². The van der Waals surface area contributed by atoms with Crippen LogP contribution in [-0.2, 0) is 16.1 Å². The molecule has 2 amide bonds. The van der Waals surface area contributed by atoms with Crippen molar-refractivity contribution >= 4 is 23.6 Å². The first-order chi connectivity index (χ1) is 15.6. The predicted octanol–water partition coefficient (Wildman–Crippen LogP) is 5.73. The number of aryl methyl sites for hydroxylation is 1. The normalized spacial score (nSPS) is 15.2. The first-order valence-corrected chi connectivity index (χ1v) is 12.9. The van der Waals surface area contributed by atoms with Gasteiger partial charge in [0.05, 0.1) is 0 Å². The average Bonchev–Trinajstić information content (AvgIpc) is 2.81. The van der Waals surface area contributed by atoms with Crippen LogP contribution < -0.4 is 5.32 Å². The highest BCUT2D eigenvalue weighted by Crippen LogP contribution is 2.21. The van der Waals surface area contributed by atoms with Crippen molar-refractivity contribution in [2.45, 2.75) is 82.3 Å². The zero-order chi connectivity index (χ0) is 22.8. The van der Waals surface area contributed by atoms with Crippen molar-refractivity contribution in [1.82, 2.24) is 10.2 Å². The third kappa shape index (κ3) is 7.40. The van der Waals surface area contributed by atoms with Crippen molar-refractivity contribution < 1.29 is 9.59 Å². The lowest BCUT2D eigenvalue weighted by Crippen LogP contribution is -2.51. The van der Waals surface area contributed by atoms with E-state index in [1.807, 2.05) is 25.1 Å². The molecule has 3 rings (SSSR count). The van der Waals surface area contributed by atoms with Gasteiger partial charge in [0, 0.05) is 29.7 Å². The molecule has 172 valence electrons. The van der Waals surface area contributed by atoms with Gasteiger partial charge in [0.1, 0.15) is 6.04 Å². The number of thioether (sulfide) groups is 1. The standard InChI is InChI=1S/C27H36N2O2S/c1-3-25(27(31)28-23-10-6-4-7-11-23)29(20-22-16-14-21(2)15-17-22)26(30)18-19-32-24-12-8-5-9-13-24/h5,8-9,12-17,23,25H,3-4,6-7,10-11,18-20H2,1-2H3,(H,28,31)/t25-/m1/s1. The van der Waals surface area contributed by atoms with Crippen LogP contribution in [0.4, 0.5) is 0 Å². The molecular formula is C27H36N2O2S. The molecule has 0 heterocycles.